The number of para-hydroxylation sites is 1. The Bertz CT molecular complexity index is 1290. The molecule has 0 radical (unpaired) electrons. The van der Waals surface area contributed by atoms with Gasteiger partial charge in [-0.25, -0.2) is 0 Å². The van der Waals surface area contributed by atoms with E-state index in [1.165, 1.54) is 5.56 Å². The molecule has 2 atom stereocenters. The normalized spacial score (nSPS) is 14.8. The zero-order valence-corrected chi connectivity index (χ0v) is 24.0. The standard InChI is InChI=1S/C32H40N4O6/c1-2-40-29(37)15-9-20-36-22-28(31(33)35-39)42-30-26(13-8-14-27(30)36)34-32(38)24-16-18-25(19-17-24)41-21-7-6-12-23-10-4-3-5-11-23/h3-5,8,10-11,13-14,16-19,28,31,35,39H,2,6-7,9,12,15,20-22,33H2,1H3,(H,34,38). The van der Waals surface area contributed by atoms with Crippen LogP contribution < -0.4 is 30.9 Å². The van der Waals surface area contributed by atoms with Crippen molar-refractivity contribution in [1.29, 1.82) is 0 Å². The number of hydrogen-bond donors (Lipinski definition) is 4. The summed E-state index contributed by atoms with van der Waals surface area (Å²) in [6, 6.07) is 22.9. The average molecular weight is 577 g/mol. The van der Waals surface area contributed by atoms with E-state index in [4.69, 9.17) is 19.9 Å². The molecule has 42 heavy (non-hydrogen) atoms. The van der Waals surface area contributed by atoms with Crippen molar-refractivity contribution in [3.8, 4) is 11.5 Å². The highest BCUT2D eigenvalue weighted by Crippen LogP contribution is 2.40. The molecule has 0 bridgehead atoms. The van der Waals surface area contributed by atoms with Gasteiger partial charge >= 0.3 is 5.97 Å². The monoisotopic (exact) mass is 576 g/mol. The Hall–Kier alpha value is -4.12. The van der Waals surface area contributed by atoms with Gasteiger partial charge in [-0.15, -0.1) is 0 Å². The molecule has 0 aliphatic carbocycles. The number of esters is 1. The smallest absolute Gasteiger partial charge is 0.305 e. The highest BCUT2D eigenvalue weighted by atomic mass is 16.5. The maximum absolute atomic E-state index is 13.2. The molecule has 4 rings (SSSR count). The van der Waals surface area contributed by atoms with Crippen LogP contribution in [0.25, 0.3) is 0 Å². The van der Waals surface area contributed by atoms with Gasteiger partial charge in [0.2, 0.25) is 0 Å². The fourth-order valence-corrected chi connectivity index (χ4v) is 4.79. The van der Waals surface area contributed by atoms with Crippen molar-refractivity contribution in [2.75, 3.05) is 36.5 Å². The van der Waals surface area contributed by atoms with Gasteiger partial charge in [0.05, 0.1) is 31.1 Å². The van der Waals surface area contributed by atoms with Crippen LogP contribution in [0, 0.1) is 0 Å². The second-order valence-corrected chi connectivity index (χ2v) is 10.1. The van der Waals surface area contributed by atoms with E-state index in [2.05, 4.69) is 35.1 Å². The Labute approximate surface area is 246 Å². The molecule has 10 heteroatoms. The summed E-state index contributed by atoms with van der Waals surface area (Å²) in [6.07, 6.45) is 2.37. The Kier molecular flexibility index (Phi) is 11.6. The van der Waals surface area contributed by atoms with Crippen molar-refractivity contribution in [3.05, 3.63) is 83.9 Å². The maximum Gasteiger partial charge on any atom is 0.305 e. The van der Waals surface area contributed by atoms with Crippen LogP contribution in [-0.4, -0.2) is 55.7 Å². The van der Waals surface area contributed by atoms with Crippen molar-refractivity contribution in [1.82, 2.24) is 5.48 Å². The van der Waals surface area contributed by atoms with Crippen LogP contribution in [0.4, 0.5) is 11.4 Å². The number of anilines is 2. The number of amides is 1. The van der Waals surface area contributed by atoms with Crippen LogP contribution in [0.15, 0.2) is 72.8 Å². The molecule has 1 amide bonds. The molecule has 0 aromatic heterocycles. The summed E-state index contributed by atoms with van der Waals surface area (Å²) in [5.74, 6) is 0.594. The molecule has 5 N–H and O–H groups in total. The highest BCUT2D eigenvalue weighted by Gasteiger charge is 2.32. The third-order valence-electron chi connectivity index (χ3n) is 7.00. The molecule has 1 aliphatic heterocycles. The fourth-order valence-electron chi connectivity index (χ4n) is 4.79. The lowest BCUT2D eigenvalue weighted by atomic mass is 10.1. The van der Waals surface area contributed by atoms with E-state index >= 15 is 0 Å². The number of unbranched alkanes of at least 4 members (excludes halogenated alkanes) is 1. The third kappa shape index (κ3) is 8.69. The molecular weight excluding hydrogens is 536 g/mol. The summed E-state index contributed by atoms with van der Waals surface area (Å²) in [5, 5.41) is 12.4. The fraction of sp³-hybridized carbons (Fsp3) is 0.375. The van der Waals surface area contributed by atoms with E-state index in [-0.39, 0.29) is 18.3 Å². The number of rotatable bonds is 15. The Morgan fingerprint density at radius 3 is 2.57 bits per heavy atom. The predicted octanol–water partition coefficient (Wildman–Crippen LogP) is 4.51. The molecule has 224 valence electrons. The summed E-state index contributed by atoms with van der Waals surface area (Å²) in [5.41, 5.74) is 11.1. The van der Waals surface area contributed by atoms with Crippen molar-refractivity contribution >= 4 is 23.3 Å². The molecule has 2 unspecified atom stereocenters. The summed E-state index contributed by atoms with van der Waals surface area (Å²) in [4.78, 5) is 27.0. The molecular formula is C32H40N4O6. The predicted molar refractivity (Wildman–Crippen MR) is 161 cm³/mol. The number of fused-ring (bicyclic) bond motifs is 1. The van der Waals surface area contributed by atoms with E-state index in [0.29, 0.717) is 55.5 Å². The number of nitrogens with one attached hydrogen (secondary N) is 2. The molecule has 3 aromatic carbocycles. The molecule has 1 heterocycles. The molecule has 10 nitrogen and oxygen atoms in total. The Morgan fingerprint density at radius 1 is 1.05 bits per heavy atom. The molecule has 1 aliphatic rings. The van der Waals surface area contributed by atoms with Crippen molar-refractivity contribution in [2.45, 2.75) is 51.3 Å². The van der Waals surface area contributed by atoms with E-state index in [9.17, 15) is 14.8 Å². The van der Waals surface area contributed by atoms with Crippen LogP contribution in [0.3, 0.4) is 0 Å². The molecule has 0 fully saturated rings. The van der Waals surface area contributed by atoms with Crippen molar-refractivity contribution < 1.29 is 29.0 Å². The first-order valence-electron chi connectivity index (χ1n) is 14.4. The Morgan fingerprint density at radius 2 is 1.83 bits per heavy atom. The number of ether oxygens (including phenoxy) is 3. The summed E-state index contributed by atoms with van der Waals surface area (Å²) in [6.45, 7) is 3.64. The molecule has 0 saturated heterocycles. The molecule has 3 aromatic rings. The van der Waals surface area contributed by atoms with E-state index in [0.717, 1.165) is 24.9 Å². The summed E-state index contributed by atoms with van der Waals surface area (Å²) >= 11 is 0. The molecule has 0 saturated carbocycles. The zero-order valence-electron chi connectivity index (χ0n) is 24.0. The van der Waals surface area contributed by atoms with Gasteiger partial charge in [0.25, 0.3) is 5.91 Å². The number of aryl methyl sites for hydroxylation is 1. The van der Waals surface area contributed by atoms with Gasteiger partial charge in [0.15, 0.2) is 5.75 Å². The topological polar surface area (TPSA) is 135 Å². The zero-order chi connectivity index (χ0) is 29.7. The lowest BCUT2D eigenvalue weighted by Crippen LogP contribution is -2.55. The lowest BCUT2D eigenvalue weighted by molar-refractivity contribution is -0.143. The minimum Gasteiger partial charge on any atom is -0.494 e. The van der Waals surface area contributed by atoms with Gasteiger partial charge in [-0.05, 0) is 74.6 Å². The van der Waals surface area contributed by atoms with Gasteiger partial charge in [-0.2, -0.15) is 5.48 Å². The van der Waals surface area contributed by atoms with Gasteiger partial charge in [-0.1, -0.05) is 36.4 Å². The molecule has 0 spiro atoms. The minimum absolute atomic E-state index is 0.253. The SMILES string of the molecule is CCOC(=O)CCCN1CC(C(N)NO)Oc2c(NC(=O)c3ccc(OCCCCc4ccccc4)cc3)cccc21. The second kappa shape index (κ2) is 15.8. The number of nitrogens with two attached hydrogens (primary N) is 1. The van der Waals surface area contributed by atoms with Crippen molar-refractivity contribution in [2.24, 2.45) is 5.73 Å². The van der Waals surface area contributed by atoms with E-state index in [1.54, 1.807) is 37.3 Å². The van der Waals surface area contributed by atoms with Crippen LogP contribution in [0.5, 0.6) is 11.5 Å². The van der Waals surface area contributed by atoms with Crippen LogP contribution in [-0.2, 0) is 16.0 Å². The lowest BCUT2D eigenvalue weighted by Gasteiger charge is -2.39. The van der Waals surface area contributed by atoms with Gasteiger partial charge in [0, 0.05) is 18.5 Å². The van der Waals surface area contributed by atoms with E-state index in [1.807, 2.05) is 23.1 Å². The third-order valence-corrected chi connectivity index (χ3v) is 7.00. The van der Waals surface area contributed by atoms with Crippen LogP contribution in [0.2, 0.25) is 0 Å². The number of carbonyl (C=O) groups excluding carboxylic acids is 2. The number of nitrogens with zero attached hydrogens (tertiary/aromatic N) is 1. The number of hydroxylamine groups is 1. The minimum atomic E-state index is -0.861. The summed E-state index contributed by atoms with van der Waals surface area (Å²) < 4.78 is 17.0. The van der Waals surface area contributed by atoms with Gasteiger partial charge < -0.3 is 35.4 Å². The first-order valence-corrected chi connectivity index (χ1v) is 14.4. The Balaban J connectivity index is 1.36. The van der Waals surface area contributed by atoms with Crippen LogP contribution >= 0.6 is 0 Å². The summed E-state index contributed by atoms with van der Waals surface area (Å²) in [7, 11) is 0. The number of carbonyl (C=O) groups is 2. The van der Waals surface area contributed by atoms with Gasteiger partial charge in [-0.3, -0.25) is 9.59 Å². The largest absolute Gasteiger partial charge is 0.494 e. The van der Waals surface area contributed by atoms with Crippen molar-refractivity contribution in [3.63, 3.8) is 0 Å². The highest BCUT2D eigenvalue weighted by molar-refractivity contribution is 6.05. The second-order valence-electron chi connectivity index (χ2n) is 10.1. The van der Waals surface area contributed by atoms with Gasteiger partial charge in [0.1, 0.15) is 18.0 Å². The number of hydrogen-bond acceptors (Lipinski definition) is 9. The first kappa shape index (κ1) is 30.8. The maximum atomic E-state index is 13.2. The van der Waals surface area contributed by atoms with E-state index < -0.39 is 12.3 Å². The quantitative estimate of drug-likeness (QED) is 0.0892. The first-order chi connectivity index (χ1) is 20.5. The number of benzene rings is 3. The van der Waals surface area contributed by atoms with Crippen LogP contribution in [0.1, 0.15) is 48.5 Å². The average Bonchev–Trinajstić information content (AvgIpc) is 3.01.